The number of hydrogen-bond donors (Lipinski definition) is 8. The third-order valence-electron chi connectivity index (χ3n) is 10.3. The molecule has 3 aromatic carbocycles. The van der Waals surface area contributed by atoms with Crippen LogP contribution in [0.15, 0.2) is 103 Å². The molecule has 4 aromatic rings. The summed E-state index contributed by atoms with van der Waals surface area (Å²) >= 11 is 0.101. The van der Waals surface area contributed by atoms with Crippen LogP contribution in [0.25, 0.3) is 6.08 Å². The van der Waals surface area contributed by atoms with Crippen LogP contribution in [-0.2, 0) is 46.0 Å². The third kappa shape index (κ3) is 19.2. The number of aromatic nitrogens is 1. The Hall–Kier alpha value is -6.63. The predicted molar refractivity (Wildman–Crippen MR) is 250 cm³/mol. The summed E-state index contributed by atoms with van der Waals surface area (Å²) in [6.07, 6.45) is 5.37. The fourth-order valence-electron chi connectivity index (χ4n) is 6.76. The summed E-state index contributed by atoms with van der Waals surface area (Å²) < 4.78 is 2.19. The first-order valence-corrected chi connectivity index (χ1v) is 24.9. The molecule has 1 aromatic heterocycles. The van der Waals surface area contributed by atoms with E-state index in [1.807, 2.05) is 37.3 Å². The number of anilines is 2. The van der Waals surface area contributed by atoms with Crippen LogP contribution in [0.5, 0.6) is 0 Å². The van der Waals surface area contributed by atoms with E-state index >= 15 is 0 Å². The molecule has 7 amide bonds. The van der Waals surface area contributed by atoms with E-state index in [0.717, 1.165) is 26.8 Å². The Balaban J connectivity index is 1.43. The number of rotatable bonds is 26. The van der Waals surface area contributed by atoms with Crippen LogP contribution in [-0.4, -0.2) is 80.7 Å². The number of carbonyl (C=O) groups excluding carboxylic acids is 6. The molecule has 0 bridgehead atoms. The van der Waals surface area contributed by atoms with Crippen LogP contribution in [0.3, 0.4) is 0 Å². The molecule has 4 rings (SSSR count). The number of amides is 7. The number of nitrogens with one attached hydrogen (secondary N) is 6. The number of nitrogens with zero attached hydrogens (tertiary/aromatic N) is 1. The Morgan fingerprint density at radius 2 is 1.48 bits per heavy atom. The summed E-state index contributed by atoms with van der Waals surface area (Å²) in [7, 11) is 0. The standard InChI is InChI=1S/C49H60IN8O8/c1-4-50-30-38-23-19-36(31-53-38)20-24-43(59)52-25-11-10-16-40(55-44(60)29-35-17-21-37(22-18-35)54-49(66)58-39-15-9-8-12-33(39)3)47(64)57-42(26-32(2)27-45(61)62)48(65)56-41(46(51)63)28-34-13-6-5-7-14-34/h5-9,12-15,17-24,31-32,40-42H,4,10-11,16,25-30H2,1-3H3,(H2,51,63)(H,52,59)(H,55,60)(H,56,65)(H,57,64)(H,61,62)(H2,54,58,66)/q-1/b24-20+/t32?,40-,41-,42-/m0/s1. The minimum absolute atomic E-state index is 0.0836. The van der Waals surface area contributed by atoms with Gasteiger partial charge in [0.1, 0.15) is 18.1 Å². The Bertz CT molecular complexity index is 2280. The SMILES string of the molecule is CC[I-]Cc1ccc(/C=C/C(=O)NCCCC[C@H](NC(=O)Cc2ccc(NC(=O)Nc3ccccc3C)cc2)C(=O)N[C@@H](CC(C)CC(=O)O)C(=O)N[C@@H](Cc2ccccc2)C(N)=O)cn1. The maximum absolute atomic E-state index is 14.1. The van der Waals surface area contributed by atoms with Gasteiger partial charge < -0.3 is 37.4 Å². The van der Waals surface area contributed by atoms with Crippen molar-refractivity contribution in [2.45, 2.75) is 88.3 Å². The van der Waals surface area contributed by atoms with Crippen molar-refractivity contribution >= 4 is 59.0 Å². The van der Waals surface area contributed by atoms with Gasteiger partial charge in [0.25, 0.3) is 0 Å². The van der Waals surface area contributed by atoms with E-state index < -0.39 is 59.7 Å². The van der Waals surface area contributed by atoms with Crippen molar-refractivity contribution in [1.82, 2.24) is 26.3 Å². The average Bonchev–Trinajstić information content (AvgIpc) is 3.28. The van der Waals surface area contributed by atoms with Crippen molar-refractivity contribution in [3.63, 3.8) is 0 Å². The first-order chi connectivity index (χ1) is 31.7. The molecule has 0 aliphatic rings. The number of hydrogen-bond acceptors (Lipinski definition) is 8. The van der Waals surface area contributed by atoms with Gasteiger partial charge in [-0.25, -0.2) is 4.79 Å². The van der Waals surface area contributed by atoms with E-state index in [0.29, 0.717) is 29.8 Å². The van der Waals surface area contributed by atoms with Gasteiger partial charge in [0.2, 0.25) is 23.6 Å². The first kappa shape index (κ1) is 52.0. The molecule has 352 valence electrons. The summed E-state index contributed by atoms with van der Waals surface area (Å²) in [5.74, 6) is -4.72. The van der Waals surface area contributed by atoms with Gasteiger partial charge in [-0.1, -0.05) is 67.6 Å². The molecular formula is C49H60IN8O8-. The number of carbonyl (C=O) groups is 7. The molecule has 0 aliphatic carbocycles. The van der Waals surface area contributed by atoms with Crippen LogP contribution < -0.4 is 58.8 Å². The Kier molecular flexibility index (Phi) is 21.8. The number of urea groups is 1. The molecule has 66 heavy (non-hydrogen) atoms. The van der Waals surface area contributed by atoms with E-state index in [2.05, 4.69) is 43.8 Å². The van der Waals surface area contributed by atoms with Crippen molar-refractivity contribution in [3.05, 3.63) is 131 Å². The fraction of sp³-hybridized carbons (Fsp3) is 0.347. The zero-order valence-corrected chi connectivity index (χ0v) is 39.6. The van der Waals surface area contributed by atoms with E-state index in [-0.39, 0.29) is 65.8 Å². The number of halogens is 1. The molecule has 1 heterocycles. The monoisotopic (exact) mass is 1020 g/mol. The number of primary amides is 1. The van der Waals surface area contributed by atoms with Crippen LogP contribution in [0, 0.1) is 12.8 Å². The number of aryl methyl sites for hydroxylation is 1. The zero-order chi connectivity index (χ0) is 47.8. The van der Waals surface area contributed by atoms with E-state index in [1.165, 1.54) is 10.5 Å². The predicted octanol–water partition coefficient (Wildman–Crippen LogP) is 1.87. The second-order valence-electron chi connectivity index (χ2n) is 15.8. The Labute approximate surface area is 396 Å². The first-order valence-electron chi connectivity index (χ1n) is 21.8. The number of para-hydroxylation sites is 1. The summed E-state index contributed by atoms with van der Waals surface area (Å²) in [4.78, 5) is 95.2. The second kappa shape index (κ2) is 27.6. The van der Waals surface area contributed by atoms with Crippen molar-refractivity contribution in [2.75, 3.05) is 21.6 Å². The summed E-state index contributed by atoms with van der Waals surface area (Å²) in [6.45, 7) is 5.95. The molecule has 0 saturated carbocycles. The fourth-order valence-corrected chi connectivity index (χ4v) is 8.30. The average molecular weight is 1020 g/mol. The van der Waals surface area contributed by atoms with Crippen molar-refractivity contribution in [1.29, 1.82) is 0 Å². The maximum atomic E-state index is 14.1. The molecular weight excluding hydrogens is 955 g/mol. The second-order valence-corrected chi connectivity index (χ2v) is 19.2. The number of nitrogens with two attached hydrogens (primary N) is 1. The number of alkyl halides is 2. The van der Waals surface area contributed by atoms with E-state index in [1.54, 1.807) is 79.9 Å². The van der Waals surface area contributed by atoms with Crippen LogP contribution in [0.2, 0.25) is 0 Å². The molecule has 17 heteroatoms. The third-order valence-corrected chi connectivity index (χ3v) is 12.7. The van der Waals surface area contributed by atoms with Gasteiger partial charge in [0, 0.05) is 24.2 Å². The van der Waals surface area contributed by atoms with E-state index in [4.69, 9.17) is 5.73 Å². The van der Waals surface area contributed by atoms with Crippen molar-refractivity contribution < 1.29 is 59.9 Å². The number of unbranched alkanes of at least 4 members (excludes halogenated alkanes) is 1. The molecule has 16 nitrogen and oxygen atoms in total. The van der Waals surface area contributed by atoms with Gasteiger partial charge in [0.05, 0.1) is 6.42 Å². The number of carboxylic acids is 1. The van der Waals surface area contributed by atoms with Gasteiger partial charge in [0.15, 0.2) is 0 Å². The topological polar surface area (TPSA) is 251 Å². The normalized spacial score (nSPS) is 12.8. The van der Waals surface area contributed by atoms with Crippen LogP contribution >= 0.6 is 0 Å². The molecule has 0 fully saturated rings. The molecule has 9 N–H and O–H groups in total. The van der Waals surface area contributed by atoms with Crippen LogP contribution in [0.4, 0.5) is 16.2 Å². The van der Waals surface area contributed by atoms with E-state index in [9.17, 15) is 38.7 Å². The quantitative estimate of drug-likeness (QED) is 0.0198. The number of benzene rings is 3. The molecule has 0 aliphatic heterocycles. The Morgan fingerprint density at radius 3 is 2.15 bits per heavy atom. The minimum atomic E-state index is -1.29. The van der Waals surface area contributed by atoms with Crippen molar-refractivity contribution in [3.8, 4) is 0 Å². The molecule has 4 atom stereocenters. The van der Waals surface area contributed by atoms with Gasteiger partial charge in [-0.3, -0.25) is 24.0 Å². The molecule has 0 saturated heterocycles. The van der Waals surface area contributed by atoms with Gasteiger partial charge in [-0.15, -0.1) is 0 Å². The van der Waals surface area contributed by atoms with Gasteiger partial charge in [-0.05, 0) is 60.6 Å². The summed E-state index contributed by atoms with van der Waals surface area (Å²) in [5, 5.41) is 26.0. The number of carboxylic acid groups (broad SMARTS) is 1. The number of aliphatic carboxylic acids is 1. The van der Waals surface area contributed by atoms with Gasteiger partial charge >= 0.3 is 131 Å². The van der Waals surface area contributed by atoms with Crippen LogP contribution in [0.1, 0.15) is 73.9 Å². The molecule has 0 spiro atoms. The van der Waals surface area contributed by atoms with Crippen molar-refractivity contribution in [2.24, 2.45) is 11.7 Å². The Morgan fingerprint density at radius 1 is 0.788 bits per heavy atom. The zero-order valence-electron chi connectivity index (χ0n) is 37.5. The summed E-state index contributed by atoms with van der Waals surface area (Å²) in [5.41, 5.74) is 10.9. The molecule has 1 unspecified atom stereocenters. The number of pyridine rings is 1. The molecule has 0 radical (unpaired) electrons. The van der Waals surface area contributed by atoms with Gasteiger partial charge in [-0.2, -0.15) is 0 Å². The summed E-state index contributed by atoms with van der Waals surface area (Å²) in [6, 6.07) is 22.8.